The number of alkyl halides is 3. The molecule has 1 aromatic carbocycles. The molecule has 1 saturated heterocycles. The quantitative estimate of drug-likeness (QED) is 0.879. The second-order valence-corrected chi connectivity index (χ2v) is 4.33. The van der Waals surface area contributed by atoms with Crippen LogP contribution in [0.15, 0.2) is 24.3 Å². The van der Waals surface area contributed by atoms with E-state index in [0.717, 1.165) is 12.1 Å². The van der Waals surface area contributed by atoms with Gasteiger partial charge in [-0.2, -0.15) is 13.2 Å². The van der Waals surface area contributed by atoms with Crippen LogP contribution in [-0.2, 0) is 17.5 Å². The molecule has 0 bridgehead atoms. The van der Waals surface area contributed by atoms with Crippen LogP contribution in [-0.4, -0.2) is 28.6 Å². The van der Waals surface area contributed by atoms with Crippen molar-refractivity contribution in [3.05, 3.63) is 35.4 Å². The van der Waals surface area contributed by atoms with E-state index in [-0.39, 0.29) is 25.4 Å². The van der Waals surface area contributed by atoms with Gasteiger partial charge in [0.2, 0.25) is 5.91 Å². The third-order valence-corrected chi connectivity index (χ3v) is 2.85. The van der Waals surface area contributed by atoms with Crippen molar-refractivity contribution >= 4 is 5.91 Å². The fourth-order valence-electron chi connectivity index (χ4n) is 1.92. The minimum atomic E-state index is -4.35. The zero-order chi connectivity index (χ0) is 13.3. The maximum Gasteiger partial charge on any atom is 0.416 e. The molecule has 0 spiro atoms. The number of likely N-dealkylation sites (tertiary alicyclic amines) is 1. The molecule has 6 heteroatoms. The fraction of sp³-hybridized carbons (Fsp3) is 0.417. The van der Waals surface area contributed by atoms with Crippen molar-refractivity contribution < 1.29 is 23.1 Å². The number of rotatable bonds is 2. The fourth-order valence-corrected chi connectivity index (χ4v) is 1.92. The number of nitrogens with zero attached hydrogens (tertiary/aromatic N) is 1. The number of halogens is 3. The Morgan fingerprint density at radius 1 is 1.28 bits per heavy atom. The highest BCUT2D eigenvalue weighted by Crippen LogP contribution is 2.29. The van der Waals surface area contributed by atoms with Gasteiger partial charge in [0.05, 0.1) is 18.1 Å². The van der Waals surface area contributed by atoms with Gasteiger partial charge in [0.1, 0.15) is 0 Å². The summed E-state index contributed by atoms with van der Waals surface area (Å²) in [6.07, 6.45) is -4.94. The molecule has 1 fully saturated rings. The number of aliphatic hydroxyl groups excluding tert-OH is 1. The van der Waals surface area contributed by atoms with Crippen LogP contribution in [0.3, 0.4) is 0 Å². The first kappa shape index (κ1) is 12.9. The lowest BCUT2D eigenvalue weighted by Crippen LogP contribution is -2.25. The summed E-state index contributed by atoms with van der Waals surface area (Å²) >= 11 is 0. The van der Waals surface area contributed by atoms with Gasteiger partial charge in [-0.25, -0.2) is 0 Å². The summed E-state index contributed by atoms with van der Waals surface area (Å²) in [6, 6.07) is 4.68. The molecule has 0 radical (unpaired) electrons. The molecule has 1 aliphatic rings. The first-order valence-electron chi connectivity index (χ1n) is 5.48. The van der Waals surface area contributed by atoms with E-state index in [9.17, 15) is 23.1 Å². The van der Waals surface area contributed by atoms with Gasteiger partial charge < -0.3 is 10.0 Å². The maximum absolute atomic E-state index is 12.3. The lowest BCUT2D eigenvalue weighted by atomic mass is 10.1. The van der Waals surface area contributed by atoms with E-state index in [1.807, 2.05) is 0 Å². The Kier molecular flexibility index (Phi) is 3.30. The highest BCUT2D eigenvalue weighted by molar-refractivity contribution is 5.79. The summed E-state index contributed by atoms with van der Waals surface area (Å²) in [6.45, 7) is 0.466. The van der Waals surface area contributed by atoms with Gasteiger partial charge >= 0.3 is 6.18 Å². The molecular weight excluding hydrogens is 247 g/mol. The summed E-state index contributed by atoms with van der Waals surface area (Å²) in [5.41, 5.74) is -0.0931. The van der Waals surface area contributed by atoms with Crippen LogP contribution in [0, 0.1) is 0 Å². The molecule has 1 aliphatic heterocycles. The third-order valence-electron chi connectivity index (χ3n) is 2.85. The van der Waals surface area contributed by atoms with Crippen LogP contribution in [0.5, 0.6) is 0 Å². The van der Waals surface area contributed by atoms with Crippen LogP contribution in [0.1, 0.15) is 17.5 Å². The highest BCUT2D eigenvalue weighted by atomic mass is 19.4. The Bertz CT molecular complexity index is 442. The molecule has 3 nitrogen and oxygen atoms in total. The third kappa shape index (κ3) is 2.81. The minimum Gasteiger partial charge on any atom is -0.391 e. The van der Waals surface area contributed by atoms with Crippen molar-refractivity contribution in [1.29, 1.82) is 0 Å². The molecule has 1 N–H and O–H groups in total. The molecule has 1 amide bonds. The van der Waals surface area contributed by atoms with E-state index in [4.69, 9.17) is 0 Å². The number of carbonyl (C=O) groups excluding carboxylic acids is 1. The Labute approximate surface area is 102 Å². The molecule has 1 aromatic rings. The minimum absolute atomic E-state index is 0.0840. The molecule has 18 heavy (non-hydrogen) atoms. The van der Waals surface area contributed by atoms with E-state index in [1.54, 1.807) is 0 Å². The van der Waals surface area contributed by atoms with E-state index in [2.05, 4.69) is 0 Å². The highest BCUT2D eigenvalue weighted by Gasteiger charge is 2.31. The number of β-amino-alcohol motifs (C(OH)–C–C–N with tert-alkyl or cyclic N) is 1. The molecule has 1 heterocycles. The first-order chi connectivity index (χ1) is 8.36. The average Bonchev–Trinajstić information content (AvgIpc) is 2.57. The van der Waals surface area contributed by atoms with Crippen LogP contribution in [0.2, 0.25) is 0 Å². The lowest BCUT2D eigenvalue weighted by Gasteiger charge is -2.16. The molecule has 2 rings (SSSR count). The predicted octanol–water partition coefficient (Wildman–Crippen LogP) is 1.80. The molecule has 1 unspecified atom stereocenters. The molecular formula is C12H12F3NO2. The summed E-state index contributed by atoms with van der Waals surface area (Å²) in [5, 5.41) is 9.29. The van der Waals surface area contributed by atoms with Gasteiger partial charge in [-0.05, 0) is 17.7 Å². The molecule has 0 aliphatic carbocycles. The van der Waals surface area contributed by atoms with Crippen molar-refractivity contribution in [2.45, 2.75) is 25.2 Å². The summed E-state index contributed by atoms with van der Waals surface area (Å²) in [4.78, 5) is 12.8. The number of benzene rings is 1. The van der Waals surface area contributed by atoms with Crippen LogP contribution < -0.4 is 0 Å². The Morgan fingerprint density at radius 3 is 2.33 bits per heavy atom. The molecule has 0 aromatic heterocycles. The summed E-state index contributed by atoms with van der Waals surface area (Å²) < 4.78 is 37.0. The number of carbonyl (C=O) groups is 1. The van der Waals surface area contributed by atoms with Gasteiger partial charge in [-0.3, -0.25) is 4.79 Å². The van der Waals surface area contributed by atoms with Gasteiger partial charge in [0.25, 0.3) is 0 Å². The average molecular weight is 259 g/mol. The number of aliphatic hydroxyl groups is 1. The normalized spacial score (nSPS) is 20.6. The van der Waals surface area contributed by atoms with Crippen LogP contribution in [0.4, 0.5) is 13.2 Å². The summed E-state index contributed by atoms with van der Waals surface area (Å²) in [5.74, 6) is -0.178. The monoisotopic (exact) mass is 259 g/mol. The van der Waals surface area contributed by atoms with Crippen molar-refractivity contribution in [3.63, 3.8) is 0 Å². The van der Waals surface area contributed by atoms with E-state index in [1.165, 1.54) is 17.0 Å². The standard InChI is InChI=1S/C12H12F3NO2/c13-12(14,15)9-3-1-8(2-4-9)6-16-7-10(17)5-11(16)18/h1-4,10,17H,5-7H2. The van der Waals surface area contributed by atoms with Gasteiger partial charge in [0, 0.05) is 13.1 Å². The van der Waals surface area contributed by atoms with Crippen molar-refractivity contribution in [3.8, 4) is 0 Å². The number of hydrogen-bond donors (Lipinski definition) is 1. The van der Waals surface area contributed by atoms with Crippen molar-refractivity contribution in [1.82, 2.24) is 4.90 Å². The van der Waals surface area contributed by atoms with Crippen molar-refractivity contribution in [2.24, 2.45) is 0 Å². The number of amides is 1. The van der Waals surface area contributed by atoms with Gasteiger partial charge in [-0.15, -0.1) is 0 Å². The molecule has 98 valence electrons. The van der Waals surface area contributed by atoms with E-state index >= 15 is 0 Å². The van der Waals surface area contributed by atoms with E-state index in [0.29, 0.717) is 5.56 Å². The Morgan fingerprint density at radius 2 is 1.89 bits per heavy atom. The van der Waals surface area contributed by atoms with Crippen LogP contribution in [0.25, 0.3) is 0 Å². The largest absolute Gasteiger partial charge is 0.416 e. The summed E-state index contributed by atoms with van der Waals surface area (Å²) in [7, 11) is 0. The lowest BCUT2D eigenvalue weighted by molar-refractivity contribution is -0.137. The van der Waals surface area contributed by atoms with Gasteiger partial charge in [-0.1, -0.05) is 12.1 Å². The predicted molar refractivity (Wildman–Crippen MR) is 57.5 cm³/mol. The van der Waals surface area contributed by atoms with Crippen LogP contribution >= 0.6 is 0 Å². The first-order valence-corrected chi connectivity index (χ1v) is 5.48. The second-order valence-electron chi connectivity index (χ2n) is 4.33. The SMILES string of the molecule is O=C1CC(O)CN1Cc1ccc(C(F)(F)F)cc1. The number of hydrogen-bond acceptors (Lipinski definition) is 2. The topological polar surface area (TPSA) is 40.5 Å². The van der Waals surface area contributed by atoms with E-state index < -0.39 is 17.8 Å². The smallest absolute Gasteiger partial charge is 0.391 e. The zero-order valence-corrected chi connectivity index (χ0v) is 9.44. The Hall–Kier alpha value is -1.56. The maximum atomic E-state index is 12.3. The molecule has 0 saturated carbocycles. The zero-order valence-electron chi connectivity index (χ0n) is 9.44. The Balaban J connectivity index is 2.05. The van der Waals surface area contributed by atoms with Crippen molar-refractivity contribution in [2.75, 3.05) is 6.54 Å². The second kappa shape index (κ2) is 4.61. The molecule has 1 atom stereocenters. The van der Waals surface area contributed by atoms with Gasteiger partial charge in [0.15, 0.2) is 0 Å².